The number of aromatic amines is 1. The Morgan fingerprint density at radius 3 is 2.42 bits per heavy atom. The molecule has 2 aromatic carbocycles. The van der Waals surface area contributed by atoms with E-state index < -0.39 is 5.92 Å². The summed E-state index contributed by atoms with van der Waals surface area (Å²) in [7, 11) is 0. The van der Waals surface area contributed by atoms with Crippen molar-refractivity contribution in [1.29, 1.82) is 0 Å². The van der Waals surface area contributed by atoms with Crippen molar-refractivity contribution in [2.45, 2.75) is 38.5 Å². The Balaban J connectivity index is 1.17. The number of tetrazole rings is 1. The molecule has 1 atom stereocenters. The molecule has 1 saturated carbocycles. The summed E-state index contributed by atoms with van der Waals surface area (Å²) in [6.07, 6.45) is 7.88. The fourth-order valence-electron chi connectivity index (χ4n) is 6.18. The molecule has 2 fully saturated rings. The number of H-pyrrole nitrogens is 1. The van der Waals surface area contributed by atoms with Gasteiger partial charge in [0.05, 0.1) is 13.2 Å². The van der Waals surface area contributed by atoms with Crippen LogP contribution in [0, 0.1) is 17.8 Å². The van der Waals surface area contributed by atoms with E-state index in [1.165, 1.54) is 0 Å². The SMILES string of the molecule is NCC1CCC(C(=O)C[C@@H](Cc2cccc(-c3cnc(N4CCOCC4)nc3)c2)C(=O)Nc2ccc(-c3nn[nH]n3)cc2)CC1. The van der Waals surface area contributed by atoms with Crippen LogP contribution >= 0.6 is 0 Å². The van der Waals surface area contributed by atoms with Crippen molar-refractivity contribution in [1.82, 2.24) is 30.6 Å². The van der Waals surface area contributed by atoms with Gasteiger partial charge in [-0.25, -0.2) is 9.97 Å². The number of carbonyl (C=O) groups excluding carboxylic acids is 2. The predicted octanol–water partition coefficient (Wildman–Crippen LogP) is 3.68. The van der Waals surface area contributed by atoms with E-state index in [-0.39, 0.29) is 24.0 Å². The van der Waals surface area contributed by atoms with Crippen molar-refractivity contribution >= 4 is 23.3 Å². The van der Waals surface area contributed by atoms with Gasteiger partial charge in [-0.15, -0.1) is 10.2 Å². The molecule has 0 spiro atoms. The van der Waals surface area contributed by atoms with Crippen LogP contribution in [0.3, 0.4) is 0 Å². The molecule has 1 amide bonds. The fourth-order valence-corrected chi connectivity index (χ4v) is 6.18. The Morgan fingerprint density at radius 1 is 0.978 bits per heavy atom. The molecule has 4 N–H and O–H groups in total. The summed E-state index contributed by atoms with van der Waals surface area (Å²) in [5.41, 5.74) is 10.1. The maximum Gasteiger partial charge on any atom is 0.228 e. The van der Waals surface area contributed by atoms with E-state index in [1.807, 2.05) is 42.7 Å². The molecule has 3 heterocycles. The Labute approximate surface area is 262 Å². The van der Waals surface area contributed by atoms with Crippen molar-refractivity contribution in [3.05, 3.63) is 66.5 Å². The zero-order valence-corrected chi connectivity index (χ0v) is 25.3. The number of ketones is 1. The van der Waals surface area contributed by atoms with Crippen LogP contribution < -0.4 is 16.0 Å². The van der Waals surface area contributed by atoms with Crippen molar-refractivity contribution < 1.29 is 14.3 Å². The number of nitrogens with two attached hydrogens (primary N) is 1. The van der Waals surface area contributed by atoms with Crippen LogP contribution in [0.5, 0.6) is 0 Å². The van der Waals surface area contributed by atoms with Gasteiger partial charge in [-0.1, -0.05) is 24.3 Å². The highest BCUT2D eigenvalue weighted by atomic mass is 16.5. The van der Waals surface area contributed by atoms with E-state index in [9.17, 15) is 9.59 Å². The lowest BCUT2D eigenvalue weighted by atomic mass is 9.77. The van der Waals surface area contributed by atoms with Crippen molar-refractivity contribution in [3.8, 4) is 22.5 Å². The molecule has 0 bridgehead atoms. The number of nitrogens with zero attached hydrogens (tertiary/aromatic N) is 6. The van der Waals surface area contributed by atoms with Gasteiger partial charge in [0.2, 0.25) is 17.7 Å². The number of anilines is 2. The summed E-state index contributed by atoms with van der Waals surface area (Å²) < 4.78 is 5.44. The van der Waals surface area contributed by atoms with E-state index in [0.29, 0.717) is 49.6 Å². The smallest absolute Gasteiger partial charge is 0.228 e. The molecule has 2 aromatic heterocycles. The number of benzene rings is 2. The summed E-state index contributed by atoms with van der Waals surface area (Å²) in [6, 6.07) is 15.3. The average molecular weight is 610 g/mol. The van der Waals surface area contributed by atoms with Crippen LogP contribution in [0.4, 0.5) is 11.6 Å². The molecule has 1 saturated heterocycles. The predicted molar refractivity (Wildman–Crippen MR) is 170 cm³/mol. The molecule has 45 heavy (non-hydrogen) atoms. The third-order valence-electron chi connectivity index (χ3n) is 8.88. The molecular formula is C33H39N9O3. The number of hydrogen-bond acceptors (Lipinski definition) is 10. The van der Waals surface area contributed by atoms with Crippen LogP contribution in [-0.2, 0) is 20.7 Å². The Kier molecular flexibility index (Phi) is 9.81. The lowest BCUT2D eigenvalue weighted by Gasteiger charge is -2.28. The first kappa shape index (κ1) is 30.5. The topological polar surface area (TPSA) is 165 Å². The molecule has 1 aliphatic carbocycles. The van der Waals surface area contributed by atoms with Gasteiger partial charge in [-0.2, -0.15) is 5.21 Å². The number of hydrogen-bond donors (Lipinski definition) is 3. The van der Waals surface area contributed by atoms with Crippen LogP contribution in [-0.4, -0.2) is 75.1 Å². The van der Waals surface area contributed by atoms with Crippen molar-refractivity contribution in [3.63, 3.8) is 0 Å². The summed E-state index contributed by atoms with van der Waals surface area (Å²) >= 11 is 0. The van der Waals surface area contributed by atoms with Gasteiger partial charge in [-0.05, 0) is 85.2 Å². The summed E-state index contributed by atoms with van der Waals surface area (Å²) in [5, 5.41) is 17.1. The first-order chi connectivity index (χ1) is 22.1. The second-order valence-corrected chi connectivity index (χ2v) is 11.9. The number of nitrogens with one attached hydrogen (secondary N) is 2. The number of amides is 1. The highest BCUT2D eigenvalue weighted by Crippen LogP contribution is 2.31. The standard InChI is InChI=1S/C33H39N9O3/c34-19-22-4-6-24(7-5-22)30(43)18-27(32(44)37-29-10-8-25(9-11-29)31-38-40-41-39-31)17-23-2-1-3-26(16-23)28-20-35-33(36-21-28)42-12-14-45-15-13-42/h1-3,8-11,16,20-22,24,27H,4-7,12-15,17-19,34H2,(H,37,44)(H,38,39,40,41)/t22?,24?,27-/m1/s1. The highest BCUT2D eigenvalue weighted by molar-refractivity contribution is 5.96. The molecule has 4 aromatic rings. The molecule has 234 valence electrons. The quantitative estimate of drug-likeness (QED) is 0.228. The Hall–Kier alpha value is -4.55. The first-order valence-electron chi connectivity index (χ1n) is 15.7. The number of carbonyl (C=O) groups is 2. The van der Waals surface area contributed by atoms with E-state index in [1.54, 1.807) is 12.1 Å². The van der Waals surface area contributed by atoms with Crippen LogP contribution in [0.1, 0.15) is 37.7 Å². The van der Waals surface area contributed by atoms with Gasteiger partial charge in [0.25, 0.3) is 0 Å². The largest absolute Gasteiger partial charge is 0.378 e. The number of morpholine rings is 1. The minimum atomic E-state index is -0.531. The number of ether oxygens (including phenoxy) is 1. The van der Waals surface area contributed by atoms with E-state index >= 15 is 0 Å². The monoisotopic (exact) mass is 609 g/mol. The third-order valence-corrected chi connectivity index (χ3v) is 8.88. The van der Waals surface area contributed by atoms with E-state index in [0.717, 1.165) is 61.0 Å². The summed E-state index contributed by atoms with van der Waals surface area (Å²) in [4.78, 5) is 38.6. The highest BCUT2D eigenvalue weighted by Gasteiger charge is 2.30. The average Bonchev–Trinajstić information content (AvgIpc) is 3.64. The molecular weight excluding hydrogens is 570 g/mol. The van der Waals surface area contributed by atoms with Gasteiger partial charge >= 0.3 is 0 Å². The molecule has 12 nitrogen and oxygen atoms in total. The van der Waals surface area contributed by atoms with Crippen LogP contribution in [0.25, 0.3) is 22.5 Å². The van der Waals surface area contributed by atoms with Gasteiger partial charge in [0.15, 0.2) is 0 Å². The zero-order valence-electron chi connectivity index (χ0n) is 25.3. The molecule has 12 heteroatoms. The number of aromatic nitrogens is 6. The zero-order chi connectivity index (χ0) is 31.0. The van der Waals surface area contributed by atoms with Gasteiger partial charge < -0.3 is 20.7 Å². The lowest BCUT2D eigenvalue weighted by Crippen LogP contribution is -2.37. The minimum absolute atomic E-state index is 0.0224. The van der Waals surface area contributed by atoms with Gasteiger partial charge in [-0.3, -0.25) is 9.59 Å². The molecule has 0 radical (unpaired) electrons. The van der Waals surface area contributed by atoms with E-state index in [2.05, 4.69) is 46.9 Å². The fraction of sp³-hybridized carbons (Fsp3) is 0.424. The normalized spacial score (nSPS) is 19.2. The van der Waals surface area contributed by atoms with Gasteiger partial charge in [0.1, 0.15) is 5.78 Å². The molecule has 2 aliphatic rings. The van der Waals surface area contributed by atoms with Crippen molar-refractivity contribution in [2.75, 3.05) is 43.1 Å². The molecule has 1 aliphatic heterocycles. The summed E-state index contributed by atoms with van der Waals surface area (Å²) in [6.45, 7) is 3.55. The molecule has 6 rings (SSSR count). The van der Waals surface area contributed by atoms with Gasteiger partial charge in [0, 0.05) is 60.6 Å². The first-order valence-corrected chi connectivity index (χ1v) is 15.7. The van der Waals surface area contributed by atoms with E-state index in [4.69, 9.17) is 10.5 Å². The lowest BCUT2D eigenvalue weighted by molar-refractivity contribution is -0.129. The van der Waals surface area contributed by atoms with Crippen LogP contribution in [0.2, 0.25) is 0 Å². The molecule has 0 unspecified atom stereocenters. The maximum atomic E-state index is 13.7. The Morgan fingerprint density at radius 2 is 1.73 bits per heavy atom. The maximum absolute atomic E-state index is 13.7. The second kappa shape index (κ2) is 14.5. The number of Topliss-reactive ketones (excluding diaryl/α,β-unsaturated/α-hetero) is 1. The third kappa shape index (κ3) is 7.76. The Bertz CT molecular complexity index is 1550. The minimum Gasteiger partial charge on any atom is -0.378 e. The van der Waals surface area contributed by atoms with Crippen molar-refractivity contribution in [2.24, 2.45) is 23.5 Å². The second-order valence-electron chi connectivity index (χ2n) is 11.9. The van der Waals surface area contributed by atoms with Crippen LogP contribution in [0.15, 0.2) is 60.9 Å². The summed E-state index contributed by atoms with van der Waals surface area (Å²) in [5.74, 6) is 1.07. The number of rotatable bonds is 11.